The molecule has 0 saturated carbocycles. The Kier molecular flexibility index (Phi) is 4.05. The SMILES string of the molecule is CCC(Nc1ccc(O)cc1C)c1ccc(F)cc1. The number of benzene rings is 2. The van der Waals surface area contributed by atoms with Crippen molar-refractivity contribution in [3.8, 4) is 5.75 Å². The largest absolute Gasteiger partial charge is 0.508 e. The molecule has 2 nitrogen and oxygen atoms in total. The van der Waals surface area contributed by atoms with E-state index in [0.29, 0.717) is 0 Å². The summed E-state index contributed by atoms with van der Waals surface area (Å²) < 4.78 is 12.9. The summed E-state index contributed by atoms with van der Waals surface area (Å²) in [5.74, 6) is 0.0392. The fourth-order valence-corrected chi connectivity index (χ4v) is 2.11. The zero-order valence-corrected chi connectivity index (χ0v) is 11.2. The molecule has 1 unspecified atom stereocenters. The molecule has 0 aromatic heterocycles. The van der Waals surface area contributed by atoms with E-state index in [1.54, 1.807) is 24.3 Å². The number of hydrogen-bond acceptors (Lipinski definition) is 2. The molecule has 0 saturated heterocycles. The van der Waals surface area contributed by atoms with Gasteiger partial charge in [0, 0.05) is 5.69 Å². The average molecular weight is 259 g/mol. The third kappa shape index (κ3) is 3.25. The maximum absolute atomic E-state index is 12.9. The second-order valence-electron chi connectivity index (χ2n) is 4.66. The summed E-state index contributed by atoms with van der Waals surface area (Å²) in [5.41, 5.74) is 3.02. The number of phenols is 1. The Morgan fingerprint density at radius 1 is 1.16 bits per heavy atom. The van der Waals surface area contributed by atoms with Crippen molar-refractivity contribution in [3.05, 3.63) is 59.4 Å². The van der Waals surface area contributed by atoms with Gasteiger partial charge in [-0.2, -0.15) is 0 Å². The maximum atomic E-state index is 12.9. The van der Waals surface area contributed by atoms with Crippen molar-refractivity contribution in [1.29, 1.82) is 0 Å². The van der Waals surface area contributed by atoms with Crippen molar-refractivity contribution in [2.24, 2.45) is 0 Å². The van der Waals surface area contributed by atoms with Crippen LogP contribution in [0.4, 0.5) is 10.1 Å². The van der Waals surface area contributed by atoms with Gasteiger partial charge in [0.15, 0.2) is 0 Å². The fourth-order valence-electron chi connectivity index (χ4n) is 2.11. The van der Waals surface area contributed by atoms with Crippen LogP contribution in [0.15, 0.2) is 42.5 Å². The molecule has 2 aromatic rings. The minimum atomic E-state index is -0.223. The minimum Gasteiger partial charge on any atom is -0.508 e. The molecule has 0 heterocycles. The lowest BCUT2D eigenvalue weighted by atomic mass is 10.0. The average Bonchev–Trinajstić information content (AvgIpc) is 2.39. The van der Waals surface area contributed by atoms with Gasteiger partial charge in [0.25, 0.3) is 0 Å². The number of aryl methyl sites for hydroxylation is 1. The summed E-state index contributed by atoms with van der Waals surface area (Å²) in [6.07, 6.45) is 0.895. The number of nitrogens with one attached hydrogen (secondary N) is 1. The summed E-state index contributed by atoms with van der Waals surface area (Å²) in [6.45, 7) is 4.02. The van der Waals surface area contributed by atoms with Crippen LogP contribution in [-0.2, 0) is 0 Å². The normalized spacial score (nSPS) is 12.2. The highest BCUT2D eigenvalue weighted by molar-refractivity contribution is 5.54. The maximum Gasteiger partial charge on any atom is 0.123 e. The Morgan fingerprint density at radius 2 is 1.84 bits per heavy atom. The van der Waals surface area contributed by atoms with Crippen LogP contribution < -0.4 is 5.32 Å². The predicted molar refractivity (Wildman–Crippen MR) is 75.9 cm³/mol. The quantitative estimate of drug-likeness (QED) is 0.797. The first-order valence-corrected chi connectivity index (χ1v) is 6.41. The van der Waals surface area contributed by atoms with Gasteiger partial charge in [-0.15, -0.1) is 0 Å². The molecule has 2 aromatic carbocycles. The summed E-state index contributed by atoms with van der Waals surface area (Å²) >= 11 is 0. The van der Waals surface area contributed by atoms with Gasteiger partial charge >= 0.3 is 0 Å². The number of rotatable bonds is 4. The van der Waals surface area contributed by atoms with Gasteiger partial charge in [-0.25, -0.2) is 4.39 Å². The molecule has 3 heteroatoms. The molecule has 0 aliphatic heterocycles. The second kappa shape index (κ2) is 5.74. The van der Waals surface area contributed by atoms with Gasteiger partial charge in [-0.3, -0.25) is 0 Å². The van der Waals surface area contributed by atoms with Crippen LogP contribution in [-0.4, -0.2) is 5.11 Å². The molecule has 0 bridgehead atoms. The molecular weight excluding hydrogens is 241 g/mol. The first-order chi connectivity index (χ1) is 9.10. The van der Waals surface area contributed by atoms with Gasteiger partial charge in [0.2, 0.25) is 0 Å². The minimum absolute atomic E-state index is 0.129. The molecule has 0 fully saturated rings. The molecule has 0 aliphatic carbocycles. The van der Waals surface area contributed by atoms with Crippen molar-refractivity contribution < 1.29 is 9.50 Å². The van der Waals surface area contributed by atoms with Crippen molar-refractivity contribution in [2.45, 2.75) is 26.3 Å². The Hall–Kier alpha value is -2.03. The van der Waals surface area contributed by atoms with Crippen LogP contribution in [0, 0.1) is 12.7 Å². The van der Waals surface area contributed by atoms with E-state index in [-0.39, 0.29) is 17.6 Å². The Balaban J connectivity index is 2.21. The summed E-state index contributed by atoms with van der Waals surface area (Å²) in [4.78, 5) is 0. The lowest BCUT2D eigenvalue weighted by Gasteiger charge is -2.20. The molecule has 0 spiro atoms. The van der Waals surface area contributed by atoms with E-state index in [2.05, 4.69) is 12.2 Å². The Morgan fingerprint density at radius 3 is 2.42 bits per heavy atom. The highest BCUT2D eigenvalue weighted by Crippen LogP contribution is 2.26. The van der Waals surface area contributed by atoms with Crippen molar-refractivity contribution in [1.82, 2.24) is 0 Å². The summed E-state index contributed by atoms with van der Waals surface area (Å²) in [6, 6.07) is 11.9. The first kappa shape index (κ1) is 13.4. The van der Waals surface area contributed by atoms with Crippen LogP contribution in [0.25, 0.3) is 0 Å². The van der Waals surface area contributed by atoms with Crippen LogP contribution in [0.3, 0.4) is 0 Å². The van der Waals surface area contributed by atoms with E-state index in [1.165, 1.54) is 12.1 Å². The van der Waals surface area contributed by atoms with Gasteiger partial charge in [0.05, 0.1) is 6.04 Å². The van der Waals surface area contributed by atoms with E-state index in [1.807, 2.05) is 13.0 Å². The van der Waals surface area contributed by atoms with Crippen molar-refractivity contribution in [2.75, 3.05) is 5.32 Å². The predicted octanol–water partition coefficient (Wildman–Crippen LogP) is 4.40. The standard InChI is InChI=1S/C16H18FNO/c1-3-15(12-4-6-13(17)7-5-12)18-16-9-8-14(19)10-11(16)2/h4-10,15,18-19H,3H2,1-2H3. The Labute approximate surface area is 112 Å². The molecular formula is C16H18FNO. The Bertz CT molecular complexity index is 551. The zero-order chi connectivity index (χ0) is 13.8. The van der Waals surface area contributed by atoms with E-state index < -0.39 is 0 Å². The molecule has 0 amide bonds. The van der Waals surface area contributed by atoms with Crippen LogP contribution >= 0.6 is 0 Å². The molecule has 2 rings (SSSR count). The third-order valence-electron chi connectivity index (χ3n) is 3.22. The topological polar surface area (TPSA) is 32.3 Å². The smallest absolute Gasteiger partial charge is 0.123 e. The number of anilines is 1. The van der Waals surface area contributed by atoms with Crippen molar-refractivity contribution >= 4 is 5.69 Å². The van der Waals surface area contributed by atoms with Crippen molar-refractivity contribution in [3.63, 3.8) is 0 Å². The lowest BCUT2D eigenvalue weighted by Crippen LogP contribution is -2.10. The van der Waals surface area contributed by atoms with Gasteiger partial charge in [-0.05, 0) is 54.8 Å². The molecule has 0 radical (unpaired) electrons. The fraction of sp³-hybridized carbons (Fsp3) is 0.250. The highest BCUT2D eigenvalue weighted by atomic mass is 19.1. The highest BCUT2D eigenvalue weighted by Gasteiger charge is 2.10. The van der Waals surface area contributed by atoms with E-state index >= 15 is 0 Å². The molecule has 19 heavy (non-hydrogen) atoms. The van der Waals surface area contributed by atoms with Crippen LogP contribution in [0.1, 0.15) is 30.5 Å². The number of aromatic hydroxyl groups is 1. The van der Waals surface area contributed by atoms with E-state index in [4.69, 9.17) is 0 Å². The summed E-state index contributed by atoms with van der Waals surface area (Å²) in [5, 5.41) is 12.8. The number of hydrogen-bond donors (Lipinski definition) is 2. The molecule has 100 valence electrons. The molecule has 1 atom stereocenters. The first-order valence-electron chi connectivity index (χ1n) is 6.41. The molecule has 2 N–H and O–H groups in total. The monoisotopic (exact) mass is 259 g/mol. The van der Waals surface area contributed by atoms with E-state index in [0.717, 1.165) is 23.2 Å². The molecule has 0 aliphatic rings. The lowest BCUT2D eigenvalue weighted by molar-refractivity contribution is 0.475. The van der Waals surface area contributed by atoms with Crippen LogP contribution in [0.5, 0.6) is 5.75 Å². The van der Waals surface area contributed by atoms with E-state index in [9.17, 15) is 9.50 Å². The summed E-state index contributed by atoms with van der Waals surface area (Å²) in [7, 11) is 0. The van der Waals surface area contributed by atoms with Crippen LogP contribution in [0.2, 0.25) is 0 Å². The second-order valence-corrected chi connectivity index (χ2v) is 4.66. The van der Waals surface area contributed by atoms with Gasteiger partial charge in [-0.1, -0.05) is 19.1 Å². The van der Waals surface area contributed by atoms with Gasteiger partial charge in [0.1, 0.15) is 11.6 Å². The number of halogens is 1. The number of phenolic OH excluding ortho intramolecular Hbond substituents is 1. The third-order valence-corrected chi connectivity index (χ3v) is 3.22. The van der Waals surface area contributed by atoms with Gasteiger partial charge < -0.3 is 10.4 Å². The zero-order valence-electron chi connectivity index (χ0n) is 11.2.